The molecule has 0 saturated carbocycles. The minimum atomic E-state index is -2.38. The van der Waals surface area contributed by atoms with Gasteiger partial charge in [0.25, 0.3) is 6.71 Å². The van der Waals surface area contributed by atoms with Gasteiger partial charge >= 0.3 is 0 Å². The summed E-state index contributed by atoms with van der Waals surface area (Å²) in [5, 5.41) is 3.63. The van der Waals surface area contributed by atoms with E-state index in [1.54, 1.807) is 24.3 Å². The second kappa shape index (κ2) is 15.9. The zero-order chi connectivity index (χ0) is 55.5. The van der Waals surface area contributed by atoms with Crippen molar-refractivity contribution in [3.05, 3.63) is 210 Å². The summed E-state index contributed by atoms with van der Waals surface area (Å²) in [4.78, 5) is 4.96. The van der Waals surface area contributed by atoms with Gasteiger partial charge in [-0.3, -0.25) is 0 Å². The van der Waals surface area contributed by atoms with Crippen LogP contribution in [-0.2, 0) is 16.2 Å². The van der Waals surface area contributed by atoms with Crippen LogP contribution in [0.1, 0.15) is 98.4 Å². The fourth-order valence-electron chi connectivity index (χ4n) is 12.0. The Morgan fingerprint density at radius 3 is 1.47 bits per heavy atom. The van der Waals surface area contributed by atoms with E-state index in [2.05, 4.69) is 227 Å². The maximum Gasteiger partial charge on any atom is 0.252 e. The third-order valence-corrected chi connectivity index (χ3v) is 15.7. The minimum absolute atomic E-state index is 0.0682. The van der Waals surface area contributed by atoms with Gasteiger partial charge in [0.15, 0.2) is 0 Å². The topological polar surface area (TPSA) is 16.3 Å². The Hall–Kier alpha value is -7.76. The third kappa shape index (κ3) is 6.95. The molecule has 5 heteroatoms. The Morgan fingerprint density at radius 1 is 0.370 bits per heavy atom. The summed E-state index contributed by atoms with van der Waals surface area (Å²) in [7, 11) is 0. The van der Waals surface area contributed by atoms with Crippen molar-refractivity contribution in [2.75, 3.05) is 9.80 Å². The van der Waals surface area contributed by atoms with Crippen LogP contribution in [0.4, 0.5) is 34.1 Å². The highest BCUT2D eigenvalue weighted by Crippen LogP contribution is 2.50. The number of aryl methyl sites for hydroxylation is 2. The molecule has 0 spiro atoms. The van der Waals surface area contributed by atoms with Crippen LogP contribution in [0.5, 0.6) is 0 Å². The van der Waals surface area contributed by atoms with Crippen molar-refractivity contribution in [3.8, 4) is 11.4 Å². The number of hydrogen-bond acceptors (Lipinski definition) is 2. The van der Waals surface area contributed by atoms with Gasteiger partial charge in [0, 0.05) is 63.9 Å². The summed E-state index contributed by atoms with van der Waals surface area (Å²) < 4.78 is 55.6. The van der Waals surface area contributed by atoms with Gasteiger partial charge in [0.1, 0.15) is 0 Å². The lowest BCUT2D eigenvalue weighted by atomic mass is 9.33. The van der Waals surface area contributed by atoms with E-state index < -0.39 is 13.7 Å². The molecule has 0 bridgehead atoms. The molecule has 4 nitrogen and oxygen atoms in total. The number of fused-ring (bicyclic) bond motifs is 11. The predicted octanol–water partition coefficient (Wildman–Crippen LogP) is 16.5. The van der Waals surface area contributed by atoms with Gasteiger partial charge in [-0.15, -0.1) is 0 Å². The Bertz CT molecular complexity index is 4210. The molecule has 0 unspecified atom stereocenters. The number of rotatable bonds is 4. The first kappa shape index (κ1) is 38.9. The average Bonchev–Trinajstić information content (AvgIpc) is 3.33. The zero-order valence-electron chi connectivity index (χ0n) is 49.2. The highest BCUT2D eigenvalue weighted by molar-refractivity contribution is 7.00. The van der Waals surface area contributed by atoms with E-state index in [-0.39, 0.29) is 34.1 Å². The monoisotopic (exact) mass is 953 g/mol. The number of nitrogens with zero attached hydrogens (tertiary/aromatic N) is 4. The van der Waals surface area contributed by atoms with Gasteiger partial charge in [0.05, 0.1) is 33.4 Å². The van der Waals surface area contributed by atoms with Gasteiger partial charge < -0.3 is 18.9 Å². The molecule has 0 N–H and O–H groups in total. The average molecular weight is 953 g/mol. The van der Waals surface area contributed by atoms with Crippen LogP contribution in [0.2, 0.25) is 0 Å². The lowest BCUT2D eigenvalue weighted by Gasteiger charge is -2.45. The molecule has 9 aromatic carbocycles. The van der Waals surface area contributed by atoms with Crippen molar-refractivity contribution in [2.24, 2.45) is 0 Å². The number of benzene rings is 9. The van der Waals surface area contributed by atoms with Gasteiger partial charge in [-0.1, -0.05) is 164 Å². The van der Waals surface area contributed by atoms with Crippen LogP contribution in [0, 0.1) is 13.7 Å². The second-order valence-corrected chi connectivity index (χ2v) is 23.5. The highest BCUT2D eigenvalue weighted by Gasteiger charge is 2.45. The van der Waals surface area contributed by atoms with Crippen LogP contribution in [-0.4, -0.2) is 15.8 Å². The molecular formula is C68H63BN4. The number of anilines is 6. The Kier molecular flexibility index (Phi) is 8.45. The molecular weight excluding hydrogens is 884 g/mol. The number of hydrogen-bond donors (Lipinski definition) is 0. The van der Waals surface area contributed by atoms with Crippen molar-refractivity contribution in [2.45, 2.75) is 92.3 Å². The van der Waals surface area contributed by atoms with E-state index in [1.165, 1.54) is 27.6 Å². The lowest BCUT2D eigenvalue weighted by molar-refractivity contribution is 0.590. The van der Waals surface area contributed by atoms with Crippen LogP contribution in [0.15, 0.2) is 182 Å². The molecule has 73 heavy (non-hydrogen) atoms. The summed E-state index contributed by atoms with van der Waals surface area (Å²) >= 11 is 0. The van der Waals surface area contributed by atoms with E-state index in [0.717, 1.165) is 83.8 Å². The van der Waals surface area contributed by atoms with Crippen LogP contribution in [0.3, 0.4) is 0 Å². The molecule has 0 atom stereocenters. The quantitative estimate of drug-likeness (QED) is 0.163. The van der Waals surface area contributed by atoms with Crippen LogP contribution < -0.4 is 26.2 Å². The Labute approximate surface area is 439 Å². The van der Waals surface area contributed by atoms with Crippen molar-refractivity contribution in [1.82, 2.24) is 9.13 Å². The normalized spacial score (nSPS) is 15.2. The highest BCUT2D eigenvalue weighted by atomic mass is 15.2. The standard InChI is InChI=1S/C68H63BN4/c1-42-21-33-57-52(37-42)53-38-43(2)22-34-58(53)72(57)50-40-61-64-62(41-50)73(49-30-25-45(26-31-49)67(6,7)8)65-54(32-36-60-63(65)51-19-15-16-20-56(51)70(60)47-17-13-12-14-18-47)69(64)55-39-46(68(9,10)11)27-35-59(55)71(61)48-28-23-44(24-29-48)66(3,4)5/h12-41H,1-11H3/i1D3,2D3. The SMILES string of the molecule is [2H]C([2H])([2H])c1ccc2c(c1)c1cc(C([2H])([2H])[2H])ccc1n2-c1cc2c3c(c1)N(c1ccc(C(C)(C)C)cc1)c1c(ccc4c1c1ccccc1n4-c1ccccc1)B3c1cc(C(C)(C)C)ccc1N2c1ccc(C(C)(C)C)cc1. The van der Waals surface area contributed by atoms with Crippen LogP contribution in [0.25, 0.3) is 55.0 Å². The smallest absolute Gasteiger partial charge is 0.252 e. The predicted molar refractivity (Wildman–Crippen MR) is 315 cm³/mol. The van der Waals surface area contributed by atoms with Gasteiger partial charge in [-0.05, 0) is 154 Å². The Morgan fingerprint density at radius 2 is 0.877 bits per heavy atom. The maximum atomic E-state index is 8.50. The second-order valence-electron chi connectivity index (χ2n) is 23.5. The van der Waals surface area contributed by atoms with Crippen LogP contribution >= 0.6 is 0 Å². The molecule has 13 rings (SSSR count). The molecule has 2 aromatic heterocycles. The zero-order valence-corrected chi connectivity index (χ0v) is 43.2. The lowest BCUT2D eigenvalue weighted by Crippen LogP contribution is -2.61. The van der Waals surface area contributed by atoms with Gasteiger partial charge in [-0.2, -0.15) is 0 Å². The van der Waals surface area contributed by atoms with Crippen molar-refractivity contribution < 1.29 is 8.22 Å². The third-order valence-electron chi connectivity index (χ3n) is 15.7. The minimum Gasteiger partial charge on any atom is -0.311 e. The molecule has 358 valence electrons. The van der Waals surface area contributed by atoms with E-state index >= 15 is 0 Å². The molecule has 0 saturated heterocycles. The first-order valence-corrected chi connectivity index (χ1v) is 25.7. The summed E-state index contributed by atoms with van der Waals surface area (Å²) in [6.07, 6.45) is 0. The van der Waals surface area contributed by atoms with Crippen molar-refractivity contribution in [3.63, 3.8) is 0 Å². The Balaban J connectivity index is 1.22. The van der Waals surface area contributed by atoms with Gasteiger partial charge in [0.2, 0.25) is 0 Å². The molecule has 0 amide bonds. The molecule has 2 aliphatic heterocycles. The summed E-state index contributed by atoms with van der Waals surface area (Å²) in [5.74, 6) is 0. The largest absolute Gasteiger partial charge is 0.311 e. The van der Waals surface area contributed by atoms with E-state index in [1.807, 2.05) is 12.1 Å². The summed E-state index contributed by atoms with van der Waals surface area (Å²) in [5.41, 5.74) is 19.3. The van der Waals surface area contributed by atoms with E-state index in [9.17, 15) is 0 Å². The fraction of sp³-hybridized carbons (Fsp3) is 0.206. The summed E-state index contributed by atoms with van der Waals surface area (Å²) in [6, 6.07) is 64.7. The first-order chi connectivity index (χ1) is 37.4. The fourth-order valence-corrected chi connectivity index (χ4v) is 12.0. The molecule has 0 fully saturated rings. The summed E-state index contributed by atoms with van der Waals surface area (Å²) in [6.45, 7) is 15.4. The maximum absolute atomic E-state index is 8.50. The van der Waals surface area contributed by atoms with E-state index in [0.29, 0.717) is 10.8 Å². The van der Waals surface area contributed by atoms with Crippen molar-refractivity contribution in [1.29, 1.82) is 0 Å². The molecule has 0 radical (unpaired) electrons. The molecule has 11 aromatic rings. The van der Waals surface area contributed by atoms with Crippen molar-refractivity contribution >= 4 is 101 Å². The first-order valence-electron chi connectivity index (χ1n) is 28.7. The molecule has 2 aliphatic rings. The number of aromatic nitrogens is 2. The number of para-hydroxylation sites is 2. The van der Waals surface area contributed by atoms with E-state index in [4.69, 9.17) is 8.22 Å². The van der Waals surface area contributed by atoms with Gasteiger partial charge in [-0.25, -0.2) is 0 Å². The molecule has 0 aliphatic carbocycles. The molecule has 4 heterocycles.